The van der Waals surface area contributed by atoms with Crippen molar-refractivity contribution in [1.82, 2.24) is 9.80 Å². The van der Waals surface area contributed by atoms with Crippen LogP contribution in [-0.2, 0) is 4.74 Å². The summed E-state index contributed by atoms with van der Waals surface area (Å²) in [4.78, 5) is 16.3. The van der Waals surface area contributed by atoms with Crippen molar-refractivity contribution < 1.29 is 18.7 Å². The number of hydrogen-bond acceptors (Lipinski definition) is 4. The van der Waals surface area contributed by atoms with Crippen LogP contribution in [0.1, 0.15) is 34.1 Å². The molecule has 7 heteroatoms. The highest BCUT2D eigenvalue weighted by atomic mass is 79.9. The highest BCUT2D eigenvalue weighted by Crippen LogP contribution is 2.27. The molecular formula is C19H28BrFN2O3. The van der Waals surface area contributed by atoms with E-state index >= 15 is 0 Å². The fraction of sp³-hybridized carbons (Fsp3) is 0.632. The maximum Gasteiger partial charge on any atom is 0.410 e. The summed E-state index contributed by atoms with van der Waals surface area (Å²) in [5.41, 5.74) is -0.476. The van der Waals surface area contributed by atoms with Gasteiger partial charge >= 0.3 is 6.09 Å². The minimum absolute atomic E-state index is 0.247. The first kappa shape index (κ1) is 21.0. The van der Waals surface area contributed by atoms with E-state index < -0.39 is 5.60 Å². The molecule has 0 radical (unpaired) electrons. The second kappa shape index (κ2) is 9.04. The van der Waals surface area contributed by atoms with Gasteiger partial charge in [-0.1, -0.05) is 6.07 Å². The number of rotatable bonds is 5. The van der Waals surface area contributed by atoms with Crippen molar-refractivity contribution in [1.29, 1.82) is 0 Å². The van der Waals surface area contributed by atoms with Crippen LogP contribution in [0.2, 0.25) is 0 Å². The van der Waals surface area contributed by atoms with Crippen molar-refractivity contribution >= 4 is 22.0 Å². The number of carbonyl (C=O) groups excluding carboxylic acids is 1. The number of ether oxygens (including phenoxy) is 2. The van der Waals surface area contributed by atoms with Crippen molar-refractivity contribution in [2.24, 2.45) is 0 Å². The Labute approximate surface area is 163 Å². The SMILES string of the molecule is C[C@@H]1CN(C(=O)OC(C)(C)C)CCN1CCCOc1c(F)cccc1Br. The number of benzene rings is 1. The van der Waals surface area contributed by atoms with Crippen LogP contribution >= 0.6 is 15.9 Å². The highest BCUT2D eigenvalue weighted by Gasteiger charge is 2.29. The van der Waals surface area contributed by atoms with E-state index in [1.54, 1.807) is 17.0 Å². The van der Waals surface area contributed by atoms with Crippen LogP contribution in [0.25, 0.3) is 0 Å². The predicted molar refractivity (Wildman–Crippen MR) is 103 cm³/mol. The first-order chi connectivity index (χ1) is 12.2. The summed E-state index contributed by atoms with van der Waals surface area (Å²) in [6.45, 7) is 11.1. The first-order valence-electron chi connectivity index (χ1n) is 8.96. The molecule has 1 aromatic carbocycles. The summed E-state index contributed by atoms with van der Waals surface area (Å²) >= 11 is 3.30. The van der Waals surface area contributed by atoms with Gasteiger partial charge in [0, 0.05) is 32.2 Å². The lowest BCUT2D eigenvalue weighted by Gasteiger charge is -2.40. The molecule has 1 amide bonds. The second-order valence-electron chi connectivity index (χ2n) is 7.56. The fourth-order valence-corrected chi connectivity index (χ4v) is 3.34. The zero-order valence-corrected chi connectivity index (χ0v) is 17.5. The molecule has 0 bridgehead atoms. The summed E-state index contributed by atoms with van der Waals surface area (Å²) in [7, 11) is 0. The molecule has 5 nitrogen and oxygen atoms in total. The van der Waals surface area contributed by atoms with E-state index in [0.29, 0.717) is 24.2 Å². The molecule has 1 aliphatic rings. The van der Waals surface area contributed by atoms with E-state index in [9.17, 15) is 9.18 Å². The van der Waals surface area contributed by atoms with Gasteiger partial charge in [-0.2, -0.15) is 0 Å². The maximum absolute atomic E-state index is 13.7. The summed E-state index contributed by atoms with van der Waals surface area (Å²) < 4.78 is 25.4. The van der Waals surface area contributed by atoms with Gasteiger partial charge in [0.15, 0.2) is 11.6 Å². The van der Waals surface area contributed by atoms with Gasteiger partial charge in [0.2, 0.25) is 0 Å². The van der Waals surface area contributed by atoms with Gasteiger partial charge in [-0.05, 0) is 62.2 Å². The molecule has 0 spiro atoms. The topological polar surface area (TPSA) is 42.0 Å². The average molecular weight is 431 g/mol. The molecule has 1 saturated heterocycles. The monoisotopic (exact) mass is 430 g/mol. The Balaban J connectivity index is 1.74. The molecular weight excluding hydrogens is 403 g/mol. The van der Waals surface area contributed by atoms with Crippen LogP contribution < -0.4 is 4.74 Å². The van der Waals surface area contributed by atoms with Gasteiger partial charge in [0.25, 0.3) is 0 Å². The Hall–Kier alpha value is -1.34. The lowest BCUT2D eigenvalue weighted by Crippen LogP contribution is -2.54. The third-order valence-electron chi connectivity index (χ3n) is 4.17. The Kier molecular flexibility index (Phi) is 7.29. The number of halogens is 2. The minimum atomic E-state index is -0.476. The van der Waals surface area contributed by atoms with Gasteiger partial charge in [-0.15, -0.1) is 0 Å². The van der Waals surface area contributed by atoms with Crippen LogP contribution in [0.5, 0.6) is 5.75 Å². The Morgan fingerprint density at radius 2 is 2.08 bits per heavy atom. The fourth-order valence-electron chi connectivity index (χ4n) is 2.88. The molecule has 0 unspecified atom stereocenters. The van der Waals surface area contributed by atoms with Gasteiger partial charge < -0.3 is 14.4 Å². The van der Waals surface area contributed by atoms with E-state index in [-0.39, 0.29) is 23.7 Å². The van der Waals surface area contributed by atoms with Crippen LogP contribution in [0.3, 0.4) is 0 Å². The van der Waals surface area contributed by atoms with Gasteiger partial charge in [-0.25, -0.2) is 9.18 Å². The third-order valence-corrected chi connectivity index (χ3v) is 4.80. The molecule has 0 saturated carbocycles. The van der Waals surface area contributed by atoms with E-state index in [4.69, 9.17) is 9.47 Å². The Morgan fingerprint density at radius 1 is 1.35 bits per heavy atom. The van der Waals surface area contributed by atoms with E-state index in [1.165, 1.54) is 6.07 Å². The van der Waals surface area contributed by atoms with Gasteiger partial charge in [-0.3, -0.25) is 4.90 Å². The van der Waals surface area contributed by atoms with Crippen LogP contribution in [0.15, 0.2) is 22.7 Å². The van der Waals surface area contributed by atoms with Crippen LogP contribution in [-0.4, -0.2) is 60.3 Å². The summed E-state index contributed by atoms with van der Waals surface area (Å²) in [5.74, 6) is -0.103. The molecule has 1 aromatic rings. The van der Waals surface area contributed by atoms with Crippen LogP contribution in [0, 0.1) is 5.82 Å². The standard InChI is InChI=1S/C19H28BrFN2O3/c1-14-13-23(18(24)26-19(2,3)4)11-10-22(14)9-6-12-25-17-15(20)7-5-8-16(17)21/h5,7-8,14H,6,9-13H2,1-4H3/t14-/m1/s1. The van der Waals surface area contributed by atoms with Crippen molar-refractivity contribution in [3.05, 3.63) is 28.5 Å². The van der Waals surface area contributed by atoms with Gasteiger partial charge in [0.05, 0.1) is 11.1 Å². The predicted octanol–water partition coefficient (Wildman–Crippen LogP) is 4.30. The molecule has 1 heterocycles. The van der Waals surface area contributed by atoms with E-state index in [1.807, 2.05) is 20.8 Å². The molecule has 1 fully saturated rings. The van der Waals surface area contributed by atoms with Crippen molar-refractivity contribution in [2.45, 2.75) is 45.8 Å². The number of nitrogens with zero attached hydrogens (tertiary/aromatic N) is 2. The quantitative estimate of drug-likeness (QED) is 0.653. The van der Waals surface area contributed by atoms with Crippen molar-refractivity contribution in [2.75, 3.05) is 32.8 Å². The number of piperazine rings is 1. The number of para-hydroxylation sites is 1. The zero-order valence-electron chi connectivity index (χ0n) is 15.9. The molecule has 1 atom stereocenters. The molecule has 146 valence electrons. The van der Waals surface area contributed by atoms with E-state index in [2.05, 4.69) is 27.8 Å². The lowest BCUT2D eigenvalue weighted by molar-refractivity contribution is 0.00523. The molecule has 1 aliphatic heterocycles. The number of carbonyl (C=O) groups is 1. The zero-order chi connectivity index (χ0) is 19.3. The summed E-state index contributed by atoms with van der Waals surface area (Å²) in [5, 5.41) is 0. The first-order valence-corrected chi connectivity index (χ1v) is 9.75. The normalized spacial score (nSPS) is 18.7. The maximum atomic E-state index is 13.7. The largest absolute Gasteiger partial charge is 0.489 e. The average Bonchev–Trinajstić information content (AvgIpc) is 2.53. The Morgan fingerprint density at radius 3 is 2.69 bits per heavy atom. The molecule has 0 aromatic heterocycles. The molecule has 2 rings (SSSR count). The number of amides is 1. The smallest absolute Gasteiger partial charge is 0.410 e. The highest BCUT2D eigenvalue weighted by molar-refractivity contribution is 9.10. The third kappa shape index (κ3) is 6.13. The van der Waals surface area contributed by atoms with E-state index in [0.717, 1.165) is 19.5 Å². The minimum Gasteiger partial charge on any atom is -0.489 e. The van der Waals surface area contributed by atoms with Crippen LogP contribution in [0.4, 0.5) is 9.18 Å². The van der Waals surface area contributed by atoms with Gasteiger partial charge in [0.1, 0.15) is 5.60 Å². The molecule has 0 aliphatic carbocycles. The number of hydrogen-bond donors (Lipinski definition) is 0. The Bertz CT molecular complexity index is 601. The lowest BCUT2D eigenvalue weighted by atomic mass is 10.2. The summed E-state index contributed by atoms with van der Waals surface area (Å²) in [6, 6.07) is 5.03. The second-order valence-corrected chi connectivity index (χ2v) is 8.42. The van der Waals surface area contributed by atoms with Crippen molar-refractivity contribution in [3.8, 4) is 5.75 Å². The molecule has 26 heavy (non-hydrogen) atoms. The summed E-state index contributed by atoms with van der Waals surface area (Å²) in [6.07, 6.45) is 0.536. The van der Waals surface area contributed by atoms with Crippen molar-refractivity contribution in [3.63, 3.8) is 0 Å². The molecule has 0 N–H and O–H groups in total.